The summed E-state index contributed by atoms with van der Waals surface area (Å²) in [6.45, 7) is 7.07. The molecule has 0 saturated carbocycles. The van der Waals surface area contributed by atoms with Crippen LogP contribution in [0.15, 0.2) is 42.5 Å². The second-order valence-corrected chi connectivity index (χ2v) is 9.93. The van der Waals surface area contributed by atoms with E-state index < -0.39 is 5.60 Å². The second kappa shape index (κ2) is 9.21. The van der Waals surface area contributed by atoms with Crippen LogP contribution in [0.3, 0.4) is 0 Å². The number of para-hydroxylation sites is 2. The third-order valence-electron chi connectivity index (χ3n) is 5.92. The molecule has 2 aromatic carbocycles. The topological polar surface area (TPSA) is 50.6 Å². The smallest absolute Gasteiger partial charge is 0.410 e. The number of ether oxygens (including phenoxy) is 1. The number of fused-ring (bicyclic) bond motifs is 1. The zero-order chi connectivity index (χ0) is 23.8. The van der Waals surface area contributed by atoms with Crippen molar-refractivity contribution in [3.63, 3.8) is 0 Å². The van der Waals surface area contributed by atoms with Crippen molar-refractivity contribution >= 4 is 34.7 Å². The first-order chi connectivity index (χ1) is 15.6. The van der Waals surface area contributed by atoms with E-state index in [4.69, 9.17) is 21.3 Å². The van der Waals surface area contributed by atoms with Crippen molar-refractivity contribution in [1.29, 1.82) is 0 Å². The number of aromatic nitrogens is 2. The summed E-state index contributed by atoms with van der Waals surface area (Å²) in [6.07, 6.45) is 1.49. The number of likely N-dealkylation sites (tertiary alicyclic amines) is 1. The standard InChI is InChI=1S/C25H30ClFN4O2/c1-25(2,3)33-24(32)30-14-8-9-17(15-30)29(4)23-28-21-12-5-6-13-22(21)31(23)16-18-19(26)10-7-11-20(18)27/h5-7,10-13,17H,8-9,14-16H2,1-4H3. The Balaban J connectivity index is 1.65. The summed E-state index contributed by atoms with van der Waals surface area (Å²) in [6, 6.07) is 12.6. The van der Waals surface area contributed by atoms with E-state index >= 15 is 0 Å². The monoisotopic (exact) mass is 472 g/mol. The van der Waals surface area contributed by atoms with Gasteiger partial charge in [-0.15, -0.1) is 0 Å². The van der Waals surface area contributed by atoms with Crippen molar-refractivity contribution in [3.8, 4) is 0 Å². The average Bonchev–Trinajstić information content (AvgIpc) is 3.13. The molecule has 6 nitrogen and oxygen atoms in total. The number of carbonyl (C=O) groups excluding carboxylic acids is 1. The number of benzene rings is 2. The van der Waals surface area contributed by atoms with E-state index in [0.717, 1.165) is 23.9 Å². The van der Waals surface area contributed by atoms with E-state index in [0.29, 0.717) is 29.6 Å². The fraction of sp³-hybridized carbons (Fsp3) is 0.440. The molecule has 0 spiro atoms. The minimum absolute atomic E-state index is 0.0536. The average molecular weight is 473 g/mol. The van der Waals surface area contributed by atoms with E-state index in [9.17, 15) is 9.18 Å². The van der Waals surface area contributed by atoms with Crippen LogP contribution in [0.1, 0.15) is 39.2 Å². The summed E-state index contributed by atoms with van der Waals surface area (Å²) < 4.78 is 22.2. The normalized spacial score (nSPS) is 16.8. The number of anilines is 1. The molecular formula is C25H30ClFN4O2. The van der Waals surface area contributed by atoms with Crippen molar-refractivity contribution < 1.29 is 13.9 Å². The maximum Gasteiger partial charge on any atom is 0.410 e. The molecule has 1 unspecified atom stereocenters. The molecule has 1 aliphatic rings. The quantitative estimate of drug-likeness (QED) is 0.487. The van der Waals surface area contributed by atoms with Gasteiger partial charge in [-0.1, -0.05) is 29.8 Å². The van der Waals surface area contributed by atoms with Gasteiger partial charge in [0.1, 0.15) is 11.4 Å². The van der Waals surface area contributed by atoms with Gasteiger partial charge >= 0.3 is 6.09 Å². The second-order valence-electron chi connectivity index (χ2n) is 9.52. The first kappa shape index (κ1) is 23.4. The Bertz CT molecular complexity index is 1140. The van der Waals surface area contributed by atoms with E-state index in [1.54, 1.807) is 17.0 Å². The van der Waals surface area contributed by atoms with Gasteiger partial charge < -0.3 is 19.1 Å². The molecule has 1 aromatic heterocycles. The Kier molecular flexibility index (Phi) is 6.52. The molecular weight excluding hydrogens is 443 g/mol. The van der Waals surface area contributed by atoms with E-state index in [-0.39, 0.29) is 24.5 Å². The molecule has 0 radical (unpaired) electrons. The minimum Gasteiger partial charge on any atom is -0.444 e. The molecule has 1 amide bonds. The third-order valence-corrected chi connectivity index (χ3v) is 6.28. The van der Waals surface area contributed by atoms with Crippen LogP contribution in [0.4, 0.5) is 15.1 Å². The number of imidazole rings is 1. The minimum atomic E-state index is -0.539. The number of halogens is 2. The lowest BCUT2D eigenvalue weighted by Gasteiger charge is -2.38. The highest BCUT2D eigenvalue weighted by molar-refractivity contribution is 6.31. The SMILES string of the molecule is CN(c1nc2ccccc2n1Cc1c(F)cccc1Cl)C1CCCN(C(=O)OC(C)(C)C)C1. The Morgan fingerprint density at radius 3 is 2.73 bits per heavy atom. The van der Waals surface area contributed by atoms with E-state index in [1.807, 2.05) is 56.7 Å². The first-order valence-corrected chi connectivity index (χ1v) is 11.6. The Labute approximate surface area is 198 Å². The molecule has 0 aliphatic carbocycles. The van der Waals surface area contributed by atoms with Gasteiger partial charge in [0, 0.05) is 36.8 Å². The number of rotatable bonds is 4. The highest BCUT2D eigenvalue weighted by Gasteiger charge is 2.31. The third kappa shape index (κ3) is 5.08. The van der Waals surface area contributed by atoms with Crippen LogP contribution in [-0.4, -0.2) is 52.3 Å². The summed E-state index contributed by atoms with van der Waals surface area (Å²) in [7, 11) is 1.98. The predicted molar refractivity (Wildman–Crippen MR) is 129 cm³/mol. The van der Waals surface area contributed by atoms with Crippen molar-refractivity contribution in [2.45, 2.75) is 51.8 Å². The van der Waals surface area contributed by atoms with Gasteiger partial charge in [-0.25, -0.2) is 14.2 Å². The van der Waals surface area contributed by atoms with Crippen LogP contribution >= 0.6 is 11.6 Å². The molecule has 2 heterocycles. The van der Waals surface area contributed by atoms with Gasteiger partial charge in [-0.3, -0.25) is 0 Å². The zero-order valence-corrected chi connectivity index (χ0v) is 20.3. The summed E-state index contributed by atoms with van der Waals surface area (Å²) in [5.74, 6) is 0.370. The summed E-state index contributed by atoms with van der Waals surface area (Å²) in [5, 5.41) is 0.384. The van der Waals surface area contributed by atoms with Crippen molar-refractivity contribution in [2.24, 2.45) is 0 Å². The van der Waals surface area contributed by atoms with Gasteiger partial charge in [0.25, 0.3) is 0 Å². The highest BCUT2D eigenvalue weighted by Crippen LogP contribution is 2.29. The van der Waals surface area contributed by atoms with Crippen molar-refractivity contribution in [1.82, 2.24) is 14.5 Å². The molecule has 1 saturated heterocycles. The van der Waals surface area contributed by atoms with Crippen molar-refractivity contribution in [3.05, 3.63) is 58.9 Å². The lowest BCUT2D eigenvalue weighted by atomic mass is 10.1. The first-order valence-electron chi connectivity index (χ1n) is 11.2. The number of hydrogen-bond donors (Lipinski definition) is 0. The lowest BCUT2D eigenvalue weighted by Crippen LogP contribution is -2.50. The Hall–Kier alpha value is -2.80. The highest BCUT2D eigenvalue weighted by atomic mass is 35.5. The molecule has 1 atom stereocenters. The maximum atomic E-state index is 14.6. The summed E-state index contributed by atoms with van der Waals surface area (Å²) in [4.78, 5) is 21.4. The van der Waals surface area contributed by atoms with Gasteiger partial charge in [0.05, 0.1) is 17.6 Å². The lowest BCUT2D eigenvalue weighted by molar-refractivity contribution is 0.0199. The fourth-order valence-corrected chi connectivity index (χ4v) is 4.48. The van der Waals surface area contributed by atoms with Crippen LogP contribution in [0.5, 0.6) is 0 Å². The molecule has 176 valence electrons. The number of carbonyl (C=O) groups is 1. The number of piperidine rings is 1. The Morgan fingerprint density at radius 2 is 2.00 bits per heavy atom. The fourth-order valence-electron chi connectivity index (χ4n) is 4.26. The predicted octanol–water partition coefficient (Wildman–Crippen LogP) is 5.71. The van der Waals surface area contributed by atoms with Gasteiger partial charge in [-0.2, -0.15) is 0 Å². The van der Waals surface area contributed by atoms with Crippen LogP contribution in [0, 0.1) is 5.82 Å². The summed E-state index contributed by atoms with van der Waals surface area (Å²) >= 11 is 6.34. The van der Waals surface area contributed by atoms with Crippen LogP contribution < -0.4 is 4.90 Å². The molecule has 33 heavy (non-hydrogen) atoms. The number of likely N-dealkylation sites (N-methyl/N-ethyl adjacent to an activating group) is 1. The van der Waals surface area contributed by atoms with Gasteiger partial charge in [-0.05, 0) is 57.9 Å². The number of amides is 1. The molecule has 1 aliphatic heterocycles. The van der Waals surface area contributed by atoms with Crippen LogP contribution in [0.25, 0.3) is 11.0 Å². The van der Waals surface area contributed by atoms with Gasteiger partial charge in [0.15, 0.2) is 0 Å². The Morgan fingerprint density at radius 1 is 1.24 bits per heavy atom. The van der Waals surface area contributed by atoms with E-state index in [2.05, 4.69) is 4.90 Å². The number of hydrogen-bond acceptors (Lipinski definition) is 4. The largest absolute Gasteiger partial charge is 0.444 e. The molecule has 4 rings (SSSR count). The van der Waals surface area contributed by atoms with Gasteiger partial charge in [0.2, 0.25) is 5.95 Å². The summed E-state index contributed by atoms with van der Waals surface area (Å²) in [5.41, 5.74) is 1.62. The molecule has 1 fully saturated rings. The van der Waals surface area contributed by atoms with E-state index in [1.165, 1.54) is 6.07 Å². The van der Waals surface area contributed by atoms with Crippen LogP contribution in [0.2, 0.25) is 5.02 Å². The molecule has 0 N–H and O–H groups in total. The van der Waals surface area contributed by atoms with Crippen molar-refractivity contribution in [2.75, 3.05) is 25.0 Å². The number of nitrogens with zero attached hydrogens (tertiary/aromatic N) is 4. The maximum absolute atomic E-state index is 14.6. The zero-order valence-electron chi connectivity index (χ0n) is 19.5. The molecule has 0 bridgehead atoms. The molecule has 3 aromatic rings. The molecule has 8 heteroatoms. The van der Waals surface area contributed by atoms with Crippen LogP contribution in [-0.2, 0) is 11.3 Å².